The molecule has 0 saturated heterocycles. The normalized spacial score (nSPS) is 17.9. The molecule has 23 heavy (non-hydrogen) atoms. The fraction of sp³-hybridized carbons (Fsp3) is 0.421. The molecule has 0 radical (unpaired) electrons. The first-order valence-corrected chi connectivity index (χ1v) is 8.20. The molecule has 4 nitrogen and oxygen atoms in total. The van der Waals surface area contributed by atoms with Crippen LogP contribution >= 0.6 is 0 Å². The van der Waals surface area contributed by atoms with Crippen molar-refractivity contribution in [2.24, 2.45) is 0 Å². The van der Waals surface area contributed by atoms with Gasteiger partial charge in [-0.3, -0.25) is 4.79 Å². The minimum Gasteiger partial charge on any atom is -0.348 e. The zero-order valence-corrected chi connectivity index (χ0v) is 14.1. The van der Waals surface area contributed by atoms with E-state index in [-0.39, 0.29) is 17.5 Å². The van der Waals surface area contributed by atoms with Crippen LogP contribution in [-0.4, -0.2) is 34.0 Å². The van der Waals surface area contributed by atoms with Gasteiger partial charge in [-0.2, -0.15) is 0 Å². The Morgan fingerprint density at radius 3 is 2.57 bits per heavy atom. The summed E-state index contributed by atoms with van der Waals surface area (Å²) in [6, 6.07) is 14.5. The molecule has 3 rings (SSSR count). The van der Waals surface area contributed by atoms with Crippen LogP contribution in [0, 0.1) is 0 Å². The second-order valence-corrected chi connectivity index (χ2v) is 7.13. The van der Waals surface area contributed by atoms with Crippen molar-refractivity contribution in [1.82, 2.24) is 14.8 Å². The maximum absolute atomic E-state index is 12.8. The van der Waals surface area contributed by atoms with Gasteiger partial charge >= 0.3 is 0 Å². The van der Waals surface area contributed by atoms with Crippen LogP contribution in [0.5, 0.6) is 0 Å². The van der Waals surface area contributed by atoms with E-state index in [1.165, 1.54) is 5.69 Å². The minimum absolute atomic E-state index is 0.00535. The highest BCUT2D eigenvalue weighted by atomic mass is 16.2. The molecule has 1 unspecified atom stereocenters. The molecule has 0 spiro atoms. The Balaban J connectivity index is 1.88. The fourth-order valence-corrected chi connectivity index (χ4v) is 3.08. The van der Waals surface area contributed by atoms with Gasteiger partial charge in [-0.1, -0.05) is 30.3 Å². The summed E-state index contributed by atoms with van der Waals surface area (Å²) in [5.74, 6) is 0.154. The van der Waals surface area contributed by atoms with Crippen molar-refractivity contribution in [2.45, 2.75) is 38.9 Å². The van der Waals surface area contributed by atoms with E-state index >= 15 is 0 Å². The van der Waals surface area contributed by atoms with Crippen LogP contribution in [-0.2, 0) is 11.3 Å². The number of carbonyl (C=O) groups is 1. The number of carbonyl (C=O) groups excluding carboxylic acids is 1. The van der Waals surface area contributed by atoms with Gasteiger partial charge in [0.15, 0.2) is 0 Å². The lowest BCUT2D eigenvalue weighted by Crippen LogP contribution is -2.49. The van der Waals surface area contributed by atoms with Crippen molar-refractivity contribution in [2.75, 3.05) is 13.1 Å². The number of hydrogen-bond donors (Lipinski definition) is 1. The van der Waals surface area contributed by atoms with Crippen LogP contribution in [0.15, 0.2) is 48.7 Å². The van der Waals surface area contributed by atoms with Gasteiger partial charge in [-0.15, -0.1) is 0 Å². The van der Waals surface area contributed by atoms with Crippen molar-refractivity contribution in [3.8, 4) is 0 Å². The molecule has 1 aromatic heterocycles. The van der Waals surface area contributed by atoms with E-state index in [0.29, 0.717) is 6.54 Å². The van der Waals surface area contributed by atoms with Gasteiger partial charge in [-0.25, -0.2) is 0 Å². The van der Waals surface area contributed by atoms with E-state index in [9.17, 15) is 4.79 Å². The summed E-state index contributed by atoms with van der Waals surface area (Å²) in [7, 11) is 0. The second kappa shape index (κ2) is 6.20. The molecule has 0 fully saturated rings. The molecular formula is C19H25N3O. The number of nitrogens with zero attached hydrogens (tertiary/aromatic N) is 2. The van der Waals surface area contributed by atoms with Gasteiger partial charge in [0, 0.05) is 30.5 Å². The highest BCUT2D eigenvalue weighted by molar-refractivity contribution is 5.79. The molecule has 1 aliphatic heterocycles. The monoisotopic (exact) mass is 311 g/mol. The molecule has 122 valence electrons. The highest BCUT2D eigenvalue weighted by Gasteiger charge is 2.32. The number of benzene rings is 1. The van der Waals surface area contributed by atoms with Crippen molar-refractivity contribution >= 4 is 5.91 Å². The Hall–Kier alpha value is -2.07. The van der Waals surface area contributed by atoms with Crippen LogP contribution in [0.2, 0.25) is 0 Å². The van der Waals surface area contributed by atoms with Crippen molar-refractivity contribution in [3.63, 3.8) is 0 Å². The standard InChI is InChI=1S/C19H25N3O/c1-19(2,3)20-14-17(23)22-13-12-21-11-7-10-16(21)18(22)15-8-5-4-6-9-15/h4-11,18,20H,12-14H2,1-3H3. The number of nitrogens with one attached hydrogen (secondary N) is 1. The Labute approximate surface area is 138 Å². The van der Waals surface area contributed by atoms with Crippen LogP contribution in [0.25, 0.3) is 0 Å². The van der Waals surface area contributed by atoms with Gasteiger partial charge < -0.3 is 14.8 Å². The lowest BCUT2D eigenvalue weighted by molar-refractivity contribution is -0.133. The molecule has 1 atom stereocenters. The highest BCUT2D eigenvalue weighted by Crippen LogP contribution is 2.32. The third-order valence-corrected chi connectivity index (χ3v) is 4.24. The van der Waals surface area contributed by atoms with Gasteiger partial charge in [-0.05, 0) is 38.5 Å². The topological polar surface area (TPSA) is 37.3 Å². The summed E-state index contributed by atoms with van der Waals surface area (Å²) >= 11 is 0. The Kier molecular flexibility index (Phi) is 4.26. The Morgan fingerprint density at radius 2 is 1.87 bits per heavy atom. The quantitative estimate of drug-likeness (QED) is 0.946. The molecule has 1 aliphatic rings. The number of amides is 1. The summed E-state index contributed by atoms with van der Waals surface area (Å²) < 4.78 is 2.25. The minimum atomic E-state index is -0.0616. The van der Waals surface area contributed by atoms with Gasteiger partial charge in [0.05, 0.1) is 12.6 Å². The lowest BCUT2D eigenvalue weighted by Gasteiger charge is -2.38. The summed E-state index contributed by atoms with van der Waals surface area (Å²) in [6.07, 6.45) is 2.10. The van der Waals surface area contributed by atoms with E-state index in [1.54, 1.807) is 0 Å². The summed E-state index contributed by atoms with van der Waals surface area (Å²) in [6.45, 7) is 8.20. The van der Waals surface area contributed by atoms with E-state index in [1.807, 2.05) is 23.1 Å². The third-order valence-electron chi connectivity index (χ3n) is 4.24. The molecule has 0 bridgehead atoms. The molecule has 0 saturated carbocycles. The second-order valence-electron chi connectivity index (χ2n) is 7.13. The molecule has 4 heteroatoms. The average molecular weight is 311 g/mol. The first kappa shape index (κ1) is 15.8. The fourth-order valence-electron chi connectivity index (χ4n) is 3.08. The first-order chi connectivity index (χ1) is 11.0. The Bertz CT molecular complexity index is 669. The smallest absolute Gasteiger partial charge is 0.237 e. The summed E-state index contributed by atoms with van der Waals surface area (Å²) in [4.78, 5) is 14.8. The summed E-state index contributed by atoms with van der Waals surface area (Å²) in [5.41, 5.74) is 2.29. The Morgan fingerprint density at radius 1 is 1.13 bits per heavy atom. The number of fused-ring (bicyclic) bond motifs is 1. The predicted octanol–water partition coefficient (Wildman–Crippen LogP) is 2.81. The largest absolute Gasteiger partial charge is 0.348 e. The predicted molar refractivity (Wildman–Crippen MR) is 92.2 cm³/mol. The van der Waals surface area contributed by atoms with E-state index in [0.717, 1.165) is 18.7 Å². The zero-order valence-electron chi connectivity index (χ0n) is 14.1. The molecule has 1 N–H and O–H groups in total. The zero-order chi connectivity index (χ0) is 16.4. The maximum atomic E-state index is 12.8. The maximum Gasteiger partial charge on any atom is 0.237 e. The van der Waals surface area contributed by atoms with Crippen LogP contribution < -0.4 is 5.32 Å². The van der Waals surface area contributed by atoms with Gasteiger partial charge in [0.25, 0.3) is 0 Å². The van der Waals surface area contributed by atoms with Crippen molar-refractivity contribution < 1.29 is 4.79 Å². The molecule has 1 amide bonds. The molecule has 0 aliphatic carbocycles. The molecule has 2 aromatic rings. The molecule has 1 aromatic carbocycles. The SMILES string of the molecule is CC(C)(C)NCC(=O)N1CCn2cccc2C1c1ccccc1. The number of aromatic nitrogens is 1. The first-order valence-electron chi connectivity index (χ1n) is 8.20. The van der Waals surface area contributed by atoms with Crippen LogP contribution in [0.3, 0.4) is 0 Å². The third kappa shape index (κ3) is 3.48. The van der Waals surface area contributed by atoms with E-state index in [2.05, 4.69) is 61.1 Å². The van der Waals surface area contributed by atoms with Crippen LogP contribution in [0.1, 0.15) is 38.1 Å². The van der Waals surface area contributed by atoms with E-state index in [4.69, 9.17) is 0 Å². The van der Waals surface area contributed by atoms with Gasteiger partial charge in [0.2, 0.25) is 5.91 Å². The van der Waals surface area contributed by atoms with Crippen molar-refractivity contribution in [1.29, 1.82) is 0 Å². The number of hydrogen-bond acceptors (Lipinski definition) is 2. The average Bonchev–Trinajstić information content (AvgIpc) is 3.00. The van der Waals surface area contributed by atoms with E-state index < -0.39 is 0 Å². The van der Waals surface area contributed by atoms with Crippen LogP contribution in [0.4, 0.5) is 0 Å². The number of rotatable bonds is 3. The summed E-state index contributed by atoms with van der Waals surface area (Å²) in [5, 5.41) is 3.31. The molecular weight excluding hydrogens is 286 g/mol. The lowest BCUT2D eigenvalue weighted by atomic mass is 9.99. The van der Waals surface area contributed by atoms with Gasteiger partial charge in [0.1, 0.15) is 0 Å². The van der Waals surface area contributed by atoms with Crippen molar-refractivity contribution in [3.05, 3.63) is 59.9 Å². The molecule has 2 heterocycles.